The SMILES string of the molecule is CCC(C)(CC)Nc1ncc(C(N)=O)c(N[C@@H]2CC[C@@H](C)[C@H](O)C2)n1. The van der Waals surface area contributed by atoms with Gasteiger partial charge >= 0.3 is 0 Å². The maximum absolute atomic E-state index is 11.7. The molecule has 1 aliphatic carbocycles. The Morgan fingerprint density at radius 3 is 2.64 bits per heavy atom. The smallest absolute Gasteiger partial charge is 0.254 e. The third-order valence-electron chi connectivity index (χ3n) is 5.52. The first-order valence-electron chi connectivity index (χ1n) is 9.17. The van der Waals surface area contributed by atoms with Gasteiger partial charge in [0.05, 0.1) is 11.7 Å². The van der Waals surface area contributed by atoms with Gasteiger partial charge in [0.2, 0.25) is 5.95 Å². The van der Waals surface area contributed by atoms with Crippen molar-refractivity contribution in [3.05, 3.63) is 11.8 Å². The molecule has 25 heavy (non-hydrogen) atoms. The molecule has 7 nitrogen and oxygen atoms in total. The van der Waals surface area contributed by atoms with Crippen LogP contribution in [-0.2, 0) is 0 Å². The lowest BCUT2D eigenvalue weighted by Crippen LogP contribution is -2.36. The first kappa shape index (κ1) is 19.4. The molecule has 0 aliphatic heterocycles. The van der Waals surface area contributed by atoms with Crippen LogP contribution in [0.5, 0.6) is 0 Å². The second-order valence-electron chi connectivity index (χ2n) is 7.41. The first-order valence-corrected chi connectivity index (χ1v) is 9.17. The fourth-order valence-electron chi connectivity index (χ4n) is 3.05. The summed E-state index contributed by atoms with van der Waals surface area (Å²) in [5, 5.41) is 16.7. The molecule has 1 aromatic rings. The van der Waals surface area contributed by atoms with Gasteiger partial charge in [0.25, 0.3) is 5.91 Å². The Balaban J connectivity index is 2.22. The molecule has 3 atom stereocenters. The standard InChI is InChI=1S/C18H31N5O2/c1-5-18(4,6-2)23-17-20-10-13(15(19)25)16(22-17)21-12-8-7-11(3)14(24)9-12/h10-12,14,24H,5-9H2,1-4H3,(H2,19,25)(H2,20,21,22,23)/t11-,12-,14-/m1/s1. The van der Waals surface area contributed by atoms with Crippen LogP contribution in [0.1, 0.15) is 70.2 Å². The van der Waals surface area contributed by atoms with Crippen molar-refractivity contribution < 1.29 is 9.90 Å². The Bertz CT molecular complexity index is 603. The van der Waals surface area contributed by atoms with Crippen LogP contribution < -0.4 is 16.4 Å². The van der Waals surface area contributed by atoms with E-state index in [0.29, 0.717) is 24.1 Å². The number of aliphatic hydroxyl groups excluding tert-OH is 1. The van der Waals surface area contributed by atoms with Gasteiger partial charge in [-0.05, 0) is 44.9 Å². The highest BCUT2D eigenvalue weighted by molar-refractivity contribution is 5.97. The summed E-state index contributed by atoms with van der Waals surface area (Å²) in [6, 6.07) is 0.0655. The van der Waals surface area contributed by atoms with Gasteiger partial charge in [0.1, 0.15) is 5.82 Å². The molecule has 0 radical (unpaired) electrons. The van der Waals surface area contributed by atoms with E-state index in [-0.39, 0.29) is 23.2 Å². The van der Waals surface area contributed by atoms with E-state index in [1.165, 1.54) is 6.20 Å². The summed E-state index contributed by atoms with van der Waals surface area (Å²) < 4.78 is 0. The van der Waals surface area contributed by atoms with Crippen LogP contribution in [0, 0.1) is 5.92 Å². The molecule has 0 bridgehead atoms. The average Bonchev–Trinajstić information content (AvgIpc) is 2.58. The normalized spacial score (nSPS) is 24.0. The fourth-order valence-corrected chi connectivity index (χ4v) is 3.05. The number of hydrogen-bond donors (Lipinski definition) is 4. The van der Waals surface area contributed by atoms with Gasteiger partial charge < -0.3 is 21.5 Å². The number of nitrogens with zero attached hydrogens (tertiary/aromatic N) is 2. The number of rotatable bonds is 7. The number of hydrogen-bond acceptors (Lipinski definition) is 6. The Morgan fingerprint density at radius 1 is 1.40 bits per heavy atom. The molecule has 7 heteroatoms. The van der Waals surface area contributed by atoms with Crippen LogP contribution in [0.3, 0.4) is 0 Å². The van der Waals surface area contributed by atoms with Crippen molar-refractivity contribution in [1.29, 1.82) is 0 Å². The monoisotopic (exact) mass is 349 g/mol. The molecule has 2 rings (SSSR count). The van der Waals surface area contributed by atoms with Crippen LogP contribution >= 0.6 is 0 Å². The maximum atomic E-state index is 11.7. The zero-order valence-electron chi connectivity index (χ0n) is 15.7. The highest BCUT2D eigenvalue weighted by atomic mass is 16.3. The van der Waals surface area contributed by atoms with Gasteiger partial charge in [-0.1, -0.05) is 20.8 Å². The summed E-state index contributed by atoms with van der Waals surface area (Å²) in [7, 11) is 0. The van der Waals surface area contributed by atoms with Gasteiger partial charge in [0.15, 0.2) is 0 Å². The molecule has 1 saturated carbocycles. The average molecular weight is 349 g/mol. The Kier molecular flexibility index (Phi) is 6.21. The van der Waals surface area contributed by atoms with Crippen LogP contribution in [0.15, 0.2) is 6.20 Å². The lowest BCUT2D eigenvalue weighted by atomic mass is 9.85. The second kappa shape index (κ2) is 7.99. The van der Waals surface area contributed by atoms with Crippen LogP contribution in [0.25, 0.3) is 0 Å². The van der Waals surface area contributed by atoms with E-state index in [2.05, 4.69) is 48.3 Å². The molecule has 0 aromatic carbocycles. The van der Waals surface area contributed by atoms with E-state index < -0.39 is 5.91 Å². The predicted octanol–water partition coefficient (Wildman–Crippen LogP) is 2.53. The molecule has 1 aromatic heterocycles. The molecule has 140 valence electrons. The van der Waals surface area contributed by atoms with Crippen LogP contribution in [0.4, 0.5) is 11.8 Å². The number of aromatic nitrogens is 2. The number of carbonyl (C=O) groups is 1. The fraction of sp³-hybridized carbons (Fsp3) is 0.722. The Morgan fingerprint density at radius 2 is 2.08 bits per heavy atom. The number of primary amides is 1. The van der Waals surface area contributed by atoms with Crippen molar-refractivity contribution in [3.63, 3.8) is 0 Å². The Labute approximate surface area is 149 Å². The molecule has 1 amide bonds. The number of nitrogens with two attached hydrogens (primary N) is 1. The molecule has 1 aliphatic rings. The van der Waals surface area contributed by atoms with Crippen LogP contribution in [0.2, 0.25) is 0 Å². The zero-order valence-corrected chi connectivity index (χ0v) is 15.7. The number of carbonyl (C=O) groups excluding carboxylic acids is 1. The largest absolute Gasteiger partial charge is 0.393 e. The zero-order chi connectivity index (χ0) is 18.6. The first-order chi connectivity index (χ1) is 11.8. The van der Waals surface area contributed by atoms with E-state index in [4.69, 9.17) is 5.73 Å². The van der Waals surface area contributed by atoms with E-state index in [1.807, 2.05) is 0 Å². The van der Waals surface area contributed by atoms with Gasteiger partial charge in [-0.3, -0.25) is 4.79 Å². The number of anilines is 2. The quantitative estimate of drug-likeness (QED) is 0.601. The minimum Gasteiger partial charge on any atom is -0.393 e. The van der Waals surface area contributed by atoms with E-state index in [0.717, 1.165) is 25.7 Å². The van der Waals surface area contributed by atoms with Gasteiger partial charge in [0, 0.05) is 17.8 Å². The summed E-state index contributed by atoms with van der Waals surface area (Å²) >= 11 is 0. The highest BCUT2D eigenvalue weighted by Crippen LogP contribution is 2.28. The topological polar surface area (TPSA) is 113 Å². The van der Waals surface area contributed by atoms with Crippen molar-refractivity contribution in [2.75, 3.05) is 10.6 Å². The predicted molar refractivity (Wildman–Crippen MR) is 99.6 cm³/mol. The lowest BCUT2D eigenvalue weighted by molar-refractivity contribution is 0.0739. The lowest BCUT2D eigenvalue weighted by Gasteiger charge is -2.32. The van der Waals surface area contributed by atoms with E-state index in [9.17, 15) is 9.90 Å². The third kappa shape index (κ3) is 4.81. The summed E-state index contributed by atoms with van der Waals surface area (Å²) in [6.45, 7) is 8.39. The minimum absolute atomic E-state index is 0.0655. The van der Waals surface area contributed by atoms with Crippen LogP contribution in [-0.4, -0.2) is 38.7 Å². The Hall–Kier alpha value is -1.89. The highest BCUT2D eigenvalue weighted by Gasteiger charge is 2.28. The molecule has 0 saturated heterocycles. The number of amides is 1. The van der Waals surface area contributed by atoms with E-state index >= 15 is 0 Å². The summed E-state index contributed by atoms with van der Waals surface area (Å²) in [6.07, 6.45) is 5.47. The van der Waals surface area contributed by atoms with Crippen molar-refractivity contribution in [3.8, 4) is 0 Å². The molecule has 0 unspecified atom stereocenters. The van der Waals surface area contributed by atoms with Crippen molar-refractivity contribution in [1.82, 2.24) is 9.97 Å². The molecular formula is C18H31N5O2. The van der Waals surface area contributed by atoms with Gasteiger partial charge in [-0.15, -0.1) is 0 Å². The summed E-state index contributed by atoms with van der Waals surface area (Å²) in [5.74, 6) is 0.647. The molecule has 5 N–H and O–H groups in total. The van der Waals surface area contributed by atoms with E-state index in [1.54, 1.807) is 0 Å². The van der Waals surface area contributed by atoms with Crippen molar-refractivity contribution in [2.24, 2.45) is 11.7 Å². The second-order valence-corrected chi connectivity index (χ2v) is 7.41. The molecular weight excluding hydrogens is 318 g/mol. The van der Waals surface area contributed by atoms with Gasteiger partial charge in [-0.25, -0.2) is 4.98 Å². The summed E-state index contributed by atoms with van der Waals surface area (Å²) in [4.78, 5) is 20.5. The number of nitrogens with one attached hydrogen (secondary N) is 2. The summed E-state index contributed by atoms with van der Waals surface area (Å²) in [5.41, 5.74) is 5.63. The third-order valence-corrected chi connectivity index (χ3v) is 5.52. The molecule has 1 fully saturated rings. The van der Waals surface area contributed by atoms with Gasteiger partial charge in [-0.2, -0.15) is 4.98 Å². The van der Waals surface area contributed by atoms with Crippen molar-refractivity contribution in [2.45, 2.75) is 77.5 Å². The molecule has 0 spiro atoms. The molecule has 1 heterocycles. The minimum atomic E-state index is -0.562. The number of aliphatic hydroxyl groups is 1. The van der Waals surface area contributed by atoms with Crippen molar-refractivity contribution >= 4 is 17.7 Å². The maximum Gasteiger partial charge on any atom is 0.254 e.